The summed E-state index contributed by atoms with van der Waals surface area (Å²) in [6, 6.07) is 6.58. The van der Waals surface area contributed by atoms with E-state index in [1.54, 1.807) is 12.1 Å². The number of H-pyrrole nitrogens is 1. The predicted octanol–water partition coefficient (Wildman–Crippen LogP) is 2.11. The summed E-state index contributed by atoms with van der Waals surface area (Å²) in [6.45, 7) is 0. The van der Waals surface area contributed by atoms with Crippen molar-refractivity contribution in [2.75, 3.05) is 0 Å². The fourth-order valence-corrected chi connectivity index (χ4v) is 1.94. The summed E-state index contributed by atoms with van der Waals surface area (Å²) < 4.78 is 13.6. The first-order valence-corrected chi connectivity index (χ1v) is 5.45. The Morgan fingerprint density at radius 1 is 1.50 bits per heavy atom. The van der Waals surface area contributed by atoms with Crippen LogP contribution in [0.1, 0.15) is 11.1 Å². The second-order valence-electron chi connectivity index (χ2n) is 2.97. The first-order chi connectivity index (χ1) is 7.81. The lowest BCUT2D eigenvalue weighted by atomic mass is 10.1. The summed E-state index contributed by atoms with van der Waals surface area (Å²) >= 11 is 1.33. The molecule has 6 heteroatoms. The van der Waals surface area contributed by atoms with Crippen LogP contribution in [0.3, 0.4) is 0 Å². The Labute approximate surface area is 95.5 Å². The Morgan fingerprint density at radius 2 is 2.38 bits per heavy atom. The predicted molar refractivity (Wildman–Crippen MR) is 57.1 cm³/mol. The number of aromatic amines is 1. The van der Waals surface area contributed by atoms with Gasteiger partial charge < -0.3 is 0 Å². The van der Waals surface area contributed by atoms with Gasteiger partial charge in [0.25, 0.3) is 0 Å². The summed E-state index contributed by atoms with van der Waals surface area (Å²) in [6.07, 6.45) is 1.39. The molecule has 2 rings (SSSR count). The van der Waals surface area contributed by atoms with E-state index >= 15 is 0 Å². The molecular formula is C10H7FN4S. The van der Waals surface area contributed by atoms with Crippen LogP contribution in [0.5, 0.6) is 0 Å². The van der Waals surface area contributed by atoms with Crippen LogP contribution >= 0.6 is 11.8 Å². The van der Waals surface area contributed by atoms with E-state index in [9.17, 15) is 4.39 Å². The normalized spacial score (nSPS) is 10.0. The van der Waals surface area contributed by atoms with Crippen molar-refractivity contribution in [1.82, 2.24) is 15.2 Å². The number of hydrogen-bond donors (Lipinski definition) is 1. The average Bonchev–Trinajstić information content (AvgIpc) is 2.81. The monoisotopic (exact) mass is 234 g/mol. The van der Waals surface area contributed by atoms with Gasteiger partial charge >= 0.3 is 0 Å². The van der Waals surface area contributed by atoms with Crippen LogP contribution in [-0.4, -0.2) is 15.2 Å². The molecule has 1 N–H and O–H groups in total. The molecule has 0 spiro atoms. The Hall–Kier alpha value is -1.87. The molecule has 4 nitrogen and oxygen atoms in total. The van der Waals surface area contributed by atoms with E-state index < -0.39 is 5.82 Å². The Bertz CT molecular complexity index is 518. The van der Waals surface area contributed by atoms with E-state index in [4.69, 9.17) is 5.26 Å². The van der Waals surface area contributed by atoms with Crippen LogP contribution in [-0.2, 0) is 5.75 Å². The summed E-state index contributed by atoms with van der Waals surface area (Å²) in [4.78, 5) is 3.91. The van der Waals surface area contributed by atoms with Crippen LogP contribution < -0.4 is 0 Å². The first-order valence-electron chi connectivity index (χ1n) is 4.47. The lowest BCUT2D eigenvalue weighted by Gasteiger charge is -2.02. The van der Waals surface area contributed by atoms with Gasteiger partial charge in [-0.3, -0.25) is 5.10 Å². The average molecular weight is 234 g/mol. The smallest absolute Gasteiger partial charge is 0.183 e. The number of thioether (sulfide) groups is 1. The van der Waals surface area contributed by atoms with Gasteiger partial charge in [-0.2, -0.15) is 10.4 Å². The highest BCUT2D eigenvalue weighted by molar-refractivity contribution is 7.98. The van der Waals surface area contributed by atoms with E-state index in [2.05, 4.69) is 15.2 Å². The number of benzene rings is 1. The van der Waals surface area contributed by atoms with Crippen molar-refractivity contribution in [1.29, 1.82) is 5.26 Å². The summed E-state index contributed by atoms with van der Waals surface area (Å²) in [7, 11) is 0. The van der Waals surface area contributed by atoms with Gasteiger partial charge in [-0.05, 0) is 11.6 Å². The zero-order valence-corrected chi connectivity index (χ0v) is 8.96. The summed E-state index contributed by atoms with van der Waals surface area (Å²) in [5.74, 6) is -0.0479. The van der Waals surface area contributed by atoms with Crippen molar-refractivity contribution >= 4 is 11.8 Å². The zero-order chi connectivity index (χ0) is 11.4. The van der Waals surface area contributed by atoms with E-state index in [1.165, 1.54) is 24.2 Å². The Balaban J connectivity index is 2.13. The zero-order valence-electron chi connectivity index (χ0n) is 8.14. The SMILES string of the molecule is N#Cc1cccc(CSc2ncn[nH]2)c1F. The molecule has 0 amide bonds. The third-order valence-electron chi connectivity index (χ3n) is 1.96. The van der Waals surface area contributed by atoms with Crippen molar-refractivity contribution in [3.05, 3.63) is 41.5 Å². The summed E-state index contributed by atoms with van der Waals surface area (Å²) in [5, 5.41) is 15.7. The molecule has 0 fully saturated rings. The molecule has 0 atom stereocenters. The van der Waals surface area contributed by atoms with Gasteiger partial charge in [0.2, 0.25) is 0 Å². The maximum Gasteiger partial charge on any atom is 0.183 e. The highest BCUT2D eigenvalue weighted by atomic mass is 32.2. The maximum absolute atomic E-state index is 13.6. The van der Waals surface area contributed by atoms with Crippen LogP contribution in [0.25, 0.3) is 0 Å². The maximum atomic E-state index is 13.6. The van der Waals surface area contributed by atoms with Crippen molar-refractivity contribution < 1.29 is 4.39 Å². The highest BCUT2D eigenvalue weighted by Crippen LogP contribution is 2.21. The third kappa shape index (κ3) is 2.20. The summed E-state index contributed by atoms with van der Waals surface area (Å²) in [5.41, 5.74) is 0.552. The minimum Gasteiger partial charge on any atom is -0.254 e. The Kier molecular flexibility index (Phi) is 3.17. The molecule has 0 aliphatic carbocycles. The molecule has 1 heterocycles. The van der Waals surface area contributed by atoms with Crippen molar-refractivity contribution in [2.45, 2.75) is 10.9 Å². The van der Waals surface area contributed by atoms with Gasteiger partial charge in [-0.1, -0.05) is 23.9 Å². The molecule has 0 saturated carbocycles. The first kappa shape index (κ1) is 10.6. The minimum atomic E-state index is -0.461. The molecule has 2 aromatic rings. The van der Waals surface area contributed by atoms with Gasteiger partial charge in [-0.15, -0.1) is 0 Å². The molecule has 0 aliphatic rings. The van der Waals surface area contributed by atoms with Crippen LogP contribution in [0.4, 0.5) is 4.39 Å². The quantitative estimate of drug-likeness (QED) is 0.826. The topological polar surface area (TPSA) is 65.4 Å². The van der Waals surface area contributed by atoms with E-state index in [-0.39, 0.29) is 5.56 Å². The van der Waals surface area contributed by atoms with Gasteiger partial charge in [0.1, 0.15) is 18.2 Å². The van der Waals surface area contributed by atoms with Crippen molar-refractivity contribution in [3.63, 3.8) is 0 Å². The second kappa shape index (κ2) is 4.77. The van der Waals surface area contributed by atoms with Gasteiger partial charge in [-0.25, -0.2) is 9.37 Å². The van der Waals surface area contributed by atoms with E-state index in [0.29, 0.717) is 16.5 Å². The molecule has 1 aromatic carbocycles. The van der Waals surface area contributed by atoms with Gasteiger partial charge in [0.05, 0.1) is 5.56 Å². The minimum absolute atomic E-state index is 0.0654. The highest BCUT2D eigenvalue weighted by Gasteiger charge is 2.08. The lowest BCUT2D eigenvalue weighted by Crippen LogP contribution is -1.92. The van der Waals surface area contributed by atoms with Crippen molar-refractivity contribution in [3.8, 4) is 6.07 Å². The number of nitrogens with zero attached hydrogens (tertiary/aromatic N) is 3. The number of nitriles is 1. The fraction of sp³-hybridized carbons (Fsp3) is 0.100. The lowest BCUT2D eigenvalue weighted by molar-refractivity contribution is 0.613. The number of halogens is 1. The van der Waals surface area contributed by atoms with E-state index in [1.807, 2.05) is 6.07 Å². The second-order valence-corrected chi connectivity index (χ2v) is 3.93. The molecule has 0 radical (unpaired) electrons. The molecule has 16 heavy (non-hydrogen) atoms. The Morgan fingerprint density at radius 3 is 3.06 bits per heavy atom. The molecule has 1 aromatic heterocycles. The molecule has 0 saturated heterocycles. The van der Waals surface area contributed by atoms with Gasteiger partial charge in [0.15, 0.2) is 5.16 Å². The molecule has 0 aliphatic heterocycles. The van der Waals surface area contributed by atoms with Crippen LogP contribution in [0, 0.1) is 17.1 Å². The largest absolute Gasteiger partial charge is 0.254 e. The third-order valence-corrected chi connectivity index (χ3v) is 2.88. The van der Waals surface area contributed by atoms with Crippen molar-refractivity contribution in [2.24, 2.45) is 0 Å². The standard InChI is InChI=1S/C10H7FN4S/c11-9-7(4-12)2-1-3-8(9)5-16-10-13-6-14-15-10/h1-3,6H,5H2,(H,13,14,15). The number of rotatable bonds is 3. The van der Waals surface area contributed by atoms with E-state index in [0.717, 1.165) is 0 Å². The number of aromatic nitrogens is 3. The molecular weight excluding hydrogens is 227 g/mol. The number of nitrogens with one attached hydrogen (secondary N) is 1. The van der Waals surface area contributed by atoms with Crippen LogP contribution in [0.2, 0.25) is 0 Å². The number of hydrogen-bond acceptors (Lipinski definition) is 4. The molecule has 80 valence electrons. The molecule has 0 bridgehead atoms. The fourth-order valence-electron chi connectivity index (χ4n) is 1.19. The van der Waals surface area contributed by atoms with Gasteiger partial charge in [0, 0.05) is 5.75 Å². The van der Waals surface area contributed by atoms with Crippen LogP contribution in [0.15, 0.2) is 29.7 Å². The molecule has 0 unspecified atom stereocenters.